The van der Waals surface area contributed by atoms with Crippen molar-refractivity contribution < 1.29 is 4.79 Å². The van der Waals surface area contributed by atoms with Crippen molar-refractivity contribution in [3.8, 4) is 0 Å². The number of nitrogens with zero attached hydrogens (tertiary/aromatic N) is 3. The van der Waals surface area contributed by atoms with Crippen molar-refractivity contribution in [1.29, 1.82) is 0 Å². The first kappa shape index (κ1) is 14.1. The number of hydrogen-bond donors (Lipinski definition) is 1. The molecule has 1 aliphatic heterocycles. The maximum Gasteiger partial charge on any atom is 0.239 e. The minimum atomic E-state index is -0.00452. The summed E-state index contributed by atoms with van der Waals surface area (Å²) in [6, 6.07) is -0.00452. The Morgan fingerprint density at radius 1 is 1.58 bits per heavy atom. The van der Waals surface area contributed by atoms with E-state index < -0.39 is 0 Å². The van der Waals surface area contributed by atoms with Gasteiger partial charge >= 0.3 is 0 Å². The van der Waals surface area contributed by atoms with Gasteiger partial charge in [-0.05, 0) is 31.7 Å². The lowest BCUT2D eigenvalue weighted by Gasteiger charge is -2.31. The fourth-order valence-corrected chi connectivity index (χ4v) is 2.73. The van der Waals surface area contributed by atoms with Crippen LogP contribution in [0.4, 0.5) is 0 Å². The van der Waals surface area contributed by atoms with Crippen LogP contribution in [0.25, 0.3) is 0 Å². The second-order valence-electron chi connectivity index (χ2n) is 5.62. The Morgan fingerprint density at radius 3 is 3.00 bits per heavy atom. The van der Waals surface area contributed by atoms with Crippen LogP contribution in [0.5, 0.6) is 0 Å². The van der Waals surface area contributed by atoms with Crippen molar-refractivity contribution in [3.63, 3.8) is 0 Å². The van der Waals surface area contributed by atoms with Gasteiger partial charge in [-0.15, -0.1) is 0 Å². The van der Waals surface area contributed by atoms with Gasteiger partial charge in [-0.1, -0.05) is 0 Å². The van der Waals surface area contributed by atoms with Gasteiger partial charge in [0, 0.05) is 40.0 Å². The number of nitrogens with one attached hydrogen (secondary N) is 1. The molecule has 2 unspecified atom stereocenters. The number of imidazole rings is 1. The van der Waals surface area contributed by atoms with Crippen LogP contribution in [0.15, 0.2) is 12.4 Å². The summed E-state index contributed by atoms with van der Waals surface area (Å²) in [5, 5.41) is 3.32. The Hall–Kier alpha value is -1.36. The lowest BCUT2D eigenvalue weighted by atomic mass is 9.88. The monoisotopic (exact) mass is 264 g/mol. The van der Waals surface area contributed by atoms with Crippen LogP contribution < -0.4 is 5.32 Å². The summed E-state index contributed by atoms with van der Waals surface area (Å²) in [6.07, 6.45) is 8.04. The summed E-state index contributed by atoms with van der Waals surface area (Å²) in [6.45, 7) is 0.940. The minimum Gasteiger partial charge on any atom is -0.347 e. The summed E-state index contributed by atoms with van der Waals surface area (Å²) in [7, 11) is 5.67. The van der Waals surface area contributed by atoms with E-state index in [0.29, 0.717) is 5.92 Å². The second kappa shape index (κ2) is 6.19. The van der Waals surface area contributed by atoms with Gasteiger partial charge in [0.05, 0.1) is 6.04 Å². The molecule has 2 atom stereocenters. The van der Waals surface area contributed by atoms with Gasteiger partial charge < -0.3 is 14.8 Å². The van der Waals surface area contributed by atoms with Crippen molar-refractivity contribution in [2.45, 2.75) is 31.7 Å². The first-order valence-electron chi connectivity index (χ1n) is 6.98. The van der Waals surface area contributed by atoms with Gasteiger partial charge in [0.1, 0.15) is 5.82 Å². The van der Waals surface area contributed by atoms with Crippen LogP contribution >= 0.6 is 0 Å². The summed E-state index contributed by atoms with van der Waals surface area (Å²) < 4.78 is 2.07. The van der Waals surface area contributed by atoms with Crippen molar-refractivity contribution in [2.75, 3.05) is 20.6 Å². The molecule has 5 heteroatoms. The molecule has 1 aromatic rings. The van der Waals surface area contributed by atoms with Gasteiger partial charge in [0.2, 0.25) is 5.91 Å². The Balaban J connectivity index is 1.84. The van der Waals surface area contributed by atoms with Crippen LogP contribution in [0.2, 0.25) is 0 Å². The third kappa shape index (κ3) is 3.56. The Morgan fingerprint density at radius 2 is 2.37 bits per heavy atom. The zero-order valence-electron chi connectivity index (χ0n) is 12.1. The van der Waals surface area contributed by atoms with Crippen molar-refractivity contribution in [3.05, 3.63) is 18.2 Å². The number of carbonyl (C=O) groups excluding carboxylic acids is 1. The fraction of sp³-hybridized carbons (Fsp3) is 0.714. The summed E-state index contributed by atoms with van der Waals surface area (Å²) in [4.78, 5) is 18.0. The van der Waals surface area contributed by atoms with Crippen LogP contribution in [-0.2, 0) is 18.3 Å². The quantitative estimate of drug-likeness (QED) is 0.875. The molecule has 1 amide bonds. The topological polar surface area (TPSA) is 50.2 Å². The number of hydrogen-bond acceptors (Lipinski definition) is 3. The third-order valence-electron chi connectivity index (χ3n) is 3.95. The van der Waals surface area contributed by atoms with E-state index in [4.69, 9.17) is 0 Å². The van der Waals surface area contributed by atoms with E-state index in [1.165, 1.54) is 0 Å². The highest BCUT2D eigenvalue weighted by atomic mass is 16.2. The number of amides is 1. The maximum absolute atomic E-state index is 12.0. The molecule has 1 saturated heterocycles. The predicted octanol–water partition coefficient (Wildman–Crippen LogP) is 0.809. The number of carbonyl (C=O) groups is 1. The number of rotatable bonds is 4. The largest absolute Gasteiger partial charge is 0.347 e. The normalized spacial score (nSPS) is 23.3. The second-order valence-corrected chi connectivity index (χ2v) is 5.62. The molecular formula is C14H24N4O. The van der Waals surface area contributed by atoms with E-state index in [1.807, 2.05) is 33.5 Å². The van der Waals surface area contributed by atoms with Crippen LogP contribution in [0.1, 0.15) is 25.1 Å². The molecule has 0 radical (unpaired) electrons. The van der Waals surface area contributed by atoms with E-state index in [-0.39, 0.29) is 11.9 Å². The lowest BCUT2D eigenvalue weighted by molar-refractivity contribution is -0.131. The number of likely N-dealkylation sites (N-methyl/N-ethyl adjacent to an activating group) is 1. The molecular weight excluding hydrogens is 240 g/mol. The maximum atomic E-state index is 12.0. The van der Waals surface area contributed by atoms with Crippen LogP contribution in [0, 0.1) is 5.92 Å². The lowest BCUT2D eigenvalue weighted by Crippen LogP contribution is -2.48. The van der Waals surface area contributed by atoms with E-state index in [9.17, 15) is 4.79 Å². The zero-order chi connectivity index (χ0) is 13.8. The molecule has 0 saturated carbocycles. The van der Waals surface area contributed by atoms with E-state index in [2.05, 4.69) is 14.9 Å². The molecule has 106 valence electrons. The van der Waals surface area contributed by atoms with Gasteiger partial charge in [0.15, 0.2) is 0 Å². The van der Waals surface area contributed by atoms with Gasteiger partial charge in [-0.2, -0.15) is 0 Å². The van der Waals surface area contributed by atoms with E-state index in [1.54, 1.807) is 4.90 Å². The molecule has 0 spiro atoms. The highest BCUT2D eigenvalue weighted by molar-refractivity contribution is 5.81. The Kier molecular flexibility index (Phi) is 4.58. The van der Waals surface area contributed by atoms with Crippen molar-refractivity contribution in [2.24, 2.45) is 13.0 Å². The van der Waals surface area contributed by atoms with Crippen LogP contribution in [-0.4, -0.2) is 47.0 Å². The molecule has 1 N–H and O–H groups in total. The van der Waals surface area contributed by atoms with Crippen molar-refractivity contribution >= 4 is 5.91 Å². The van der Waals surface area contributed by atoms with Gasteiger partial charge in [0.25, 0.3) is 0 Å². The van der Waals surface area contributed by atoms with Gasteiger partial charge in [-0.3, -0.25) is 4.79 Å². The highest BCUT2D eigenvalue weighted by Crippen LogP contribution is 2.22. The number of aromatic nitrogens is 2. The molecule has 5 nitrogen and oxygen atoms in total. The van der Waals surface area contributed by atoms with Crippen molar-refractivity contribution in [1.82, 2.24) is 19.8 Å². The Labute approximate surface area is 115 Å². The SMILES string of the molecule is CN(C)C(=O)C1CC(CCc2nccn2C)CCN1. The third-order valence-corrected chi connectivity index (χ3v) is 3.95. The van der Waals surface area contributed by atoms with Crippen LogP contribution in [0.3, 0.4) is 0 Å². The smallest absolute Gasteiger partial charge is 0.239 e. The minimum absolute atomic E-state index is 0.00452. The molecule has 0 bridgehead atoms. The Bertz CT molecular complexity index is 427. The summed E-state index contributed by atoms with van der Waals surface area (Å²) >= 11 is 0. The van der Waals surface area contributed by atoms with Gasteiger partial charge in [-0.25, -0.2) is 4.98 Å². The average molecular weight is 264 g/mol. The average Bonchev–Trinajstić information content (AvgIpc) is 2.81. The van der Waals surface area contributed by atoms with E-state index in [0.717, 1.165) is 38.1 Å². The zero-order valence-corrected chi connectivity index (χ0v) is 12.1. The molecule has 1 aliphatic rings. The summed E-state index contributed by atoms with van der Waals surface area (Å²) in [5.41, 5.74) is 0. The number of piperidine rings is 1. The predicted molar refractivity (Wildman–Crippen MR) is 74.7 cm³/mol. The molecule has 0 aliphatic carbocycles. The molecule has 2 rings (SSSR count). The fourth-order valence-electron chi connectivity index (χ4n) is 2.73. The standard InChI is InChI=1S/C14H24N4O/c1-17(2)14(19)12-10-11(6-7-15-12)4-5-13-16-8-9-18(13)3/h8-9,11-12,15H,4-7,10H2,1-3H3. The molecule has 1 fully saturated rings. The first-order valence-corrected chi connectivity index (χ1v) is 6.98. The first-order chi connectivity index (χ1) is 9.08. The molecule has 0 aromatic carbocycles. The molecule has 19 heavy (non-hydrogen) atoms. The number of aryl methyl sites for hydroxylation is 2. The van der Waals surface area contributed by atoms with E-state index >= 15 is 0 Å². The molecule has 1 aromatic heterocycles. The molecule has 2 heterocycles. The highest BCUT2D eigenvalue weighted by Gasteiger charge is 2.27. The summed E-state index contributed by atoms with van der Waals surface area (Å²) in [5.74, 6) is 1.95.